The Morgan fingerprint density at radius 3 is 2.71 bits per heavy atom. The van der Waals surface area contributed by atoms with Crippen LogP contribution >= 0.6 is 11.3 Å². The number of halogens is 3. The van der Waals surface area contributed by atoms with Gasteiger partial charge in [0, 0.05) is 22.6 Å². The first kappa shape index (κ1) is 22.8. The van der Waals surface area contributed by atoms with Crippen LogP contribution in [0.4, 0.5) is 18.2 Å². The number of nitrogens with one attached hydrogen (secondary N) is 1. The largest absolute Gasteiger partial charge is 0.462 e. The Kier molecular flexibility index (Phi) is 5.83. The van der Waals surface area contributed by atoms with Crippen molar-refractivity contribution in [1.82, 2.24) is 14.6 Å². The third-order valence-corrected chi connectivity index (χ3v) is 7.21. The number of fused-ring (bicyclic) bond motifs is 2. The van der Waals surface area contributed by atoms with Crippen molar-refractivity contribution < 1.29 is 27.5 Å². The Hall–Kier alpha value is -2.95. The molecule has 3 aromatic rings. The van der Waals surface area contributed by atoms with Crippen LogP contribution in [0.2, 0.25) is 0 Å². The van der Waals surface area contributed by atoms with Crippen LogP contribution in [0, 0.1) is 0 Å². The first-order valence-electron chi connectivity index (χ1n) is 11.4. The predicted octanol–water partition coefficient (Wildman–Crippen LogP) is 5.38. The van der Waals surface area contributed by atoms with Crippen LogP contribution < -0.4 is 5.32 Å². The van der Waals surface area contributed by atoms with Gasteiger partial charge in [-0.1, -0.05) is 6.92 Å². The summed E-state index contributed by atoms with van der Waals surface area (Å²) in [4.78, 5) is 31.1. The lowest BCUT2D eigenvalue weighted by Crippen LogP contribution is -2.17. The highest BCUT2D eigenvalue weighted by Crippen LogP contribution is 2.42. The minimum atomic E-state index is -4.65. The van der Waals surface area contributed by atoms with Crippen molar-refractivity contribution in [3.63, 3.8) is 0 Å². The molecule has 2 aliphatic carbocycles. The van der Waals surface area contributed by atoms with Crippen molar-refractivity contribution in [3.05, 3.63) is 45.2 Å². The number of anilines is 1. The Labute approximate surface area is 197 Å². The van der Waals surface area contributed by atoms with E-state index in [1.807, 2.05) is 6.92 Å². The van der Waals surface area contributed by atoms with Crippen LogP contribution in [0.1, 0.15) is 87.6 Å². The minimum absolute atomic E-state index is 0.00686. The molecule has 0 saturated heterocycles. The monoisotopic (exact) mass is 492 g/mol. The van der Waals surface area contributed by atoms with E-state index in [1.54, 1.807) is 0 Å². The fourth-order valence-electron chi connectivity index (χ4n) is 4.20. The van der Waals surface area contributed by atoms with E-state index in [0.717, 1.165) is 55.0 Å². The summed E-state index contributed by atoms with van der Waals surface area (Å²) in [6.07, 6.45) is 1.06. The summed E-state index contributed by atoms with van der Waals surface area (Å²) in [5, 5.41) is 6.96. The van der Waals surface area contributed by atoms with Gasteiger partial charge < -0.3 is 10.1 Å². The highest BCUT2D eigenvalue weighted by atomic mass is 32.1. The van der Waals surface area contributed by atoms with Crippen molar-refractivity contribution in [1.29, 1.82) is 0 Å². The quantitative estimate of drug-likeness (QED) is 0.467. The second-order valence-corrected chi connectivity index (χ2v) is 9.75. The summed E-state index contributed by atoms with van der Waals surface area (Å²) in [5.74, 6) is -1.19. The van der Waals surface area contributed by atoms with Gasteiger partial charge in [0.2, 0.25) is 0 Å². The molecule has 2 aliphatic rings. The number of aryl methyl sites for hydroxylation is 1. The lowest BCUT2D eigenvalue weighted by molar-refractivity contribution is -0.142. The Morgan fingerprint density at radius 2 is 2.00 bits per heavy atom. The molecule has 0 bridgehead atoms. The zero-order chi connectivity index (χ0) is 24.0. The molecule has 180 valence electrons. The van der Waals surface area contributed by atoms with Crippen molar-refractivity contribution in [3.8, 4) is 0 Å². The maximum Gasteiger partial charge on any atom is 0.433 e. The molecule has 0 unspecified atom stereocenters. The van der Waals surface area contributed by atoms with Gasteiger partial charge in [-0.3, -0.25) is 4.79 Å². The van der Waals surface area contributed by atoms with Crippen molar-refractivity contribution in [2.24, 2.45) is 0 Å². The molecule has 0 aromatic carbocycles. The highest BCUT2D eigenvalue weighted by molar-refractivity contribution is 7.17. The molecule has 11 heteroatoms. The van der Waals surface area contributed by atoms with Crippen LogP contribution in [0.3, 0.4) is 0 Å². The Bertz CT molecular complexity index is 1280. The summed E-state index contributed by atoms with van der Waals surface area (Å²) < 4.78 is 47.0. The van der Waals surface area contributed by atoms with E-state index in [1.165, 1.54) is 17.4 Å². The zero-order valence-corrected chi connectivity index (χ0v) is 19.3. The third kappa shape index (κ3) is 4.28. The smallest absolute Gasteiger partial charge is 0.433 e. The predicted molar refractivity (Wildman–Crippen MR) is 119 cm³/mol. The molecular formula is C23H23F3N4O3S. The van der Waals surface area contributed by atoms with E-state index in [9.17, 15) is 22.8 Å². The molecule has 5 rings (SSSR count). The fourth-order valence-corrected chi connectivity index (χ4v) is 5.47. The van der Waals surface area contributed by atoms with Gasteiger partial charge >= 0.3 is 12.1 Å². The number of carbonyl (C=O) groups is 2. The zero-order valence-electron chi connectivity index (χ0n) is 18.5. The van der Waals surface area contributed by atoms with Crippen LogP contribution in [-0.4, -0.2) is 33.1 Å². The van der Waals surface area contributed by atoms with Gasteiger partial charge in [-0.15, -0.1) is 11.3 Å². The standard InChI is InChI=1S/C23H23F3N4O3S/c1-2-9-33-22(32)19-13-5-3-4-6-16(13)34-21(19)28-20(31)15-11-18-27-14(12-7-8-12)10-17(23(24,25)26)30(18)29-15/h10-12H,2-9H2,1H3,(H,28,31). The molecule has 1 fully saturated rings. The van der Waals surface area contributed by atoms with Gasteiger partial charge in [0.15, 0.2) is 11.3 Å². The normalized spacial score (nSPS) is 15.9. The van der Waals surface area contributed by atoms with Gasteiger partial charge in [0.25, 0.3) is 5.91 Å². The average Bonchev–Trinajstić information content (AvgIpc) is 3.45. The Morgan fingerprint density at radius 1 is 1.24 bits per heavy atom. The number of aromatic nitrogens is 3. The number of esters is 1. The van der Waals surface area contributed by atoms with Crippen molar-refractivity contribution in [2.45, 2.75) is 64.0 Å². The number of carbonyl (C=O) groups excluding carboxylic acids is 2. The van der Waals surface area contributed by atoms with E-state index in [-0.39, 0.29) is 23.9 Å². The highest BCUT2D eigenvalue weighted by Gasteiger charge is 2.37. The lowest BCUT2D eigenvalue weighted by atomic mass is 9.95. The second-order valence-electron chi connectivity index (χ2n) is 8.64. The molecule has 0 aliphatic heterocycles. The van der Waals surface area contributed by atoms with E-state index in [0.29, 0.717) is 27.2 Å². The van der Waals surface area contributed by atoms with Crippen molar-refractivity contribution >= 4 is 33.9 Å². The molecule has 1 saturated carbocycles. The van der Waals surface area contributed by atoms with E-state index in [2.05, 4.69) is 15.4 Å². The van der Waals surface area contributed by atoms with Gasteiger partial charge in [-0.05, 0) is 56.6 Å². The average molecular weight is 493 g/mol. The number of alkyl halides is 3. The lowest BCUT2D eigenvalue weighted by Gasteiger charge is -2.12. The maximum atomic E-state index is 13.7. The summed E-state index contributed by atoms with van der Waals surface area (Å²) in [7, 11) is 0. The van der Waals surface area contributed by atoms with E-state index in [4.69, 9.17) is 4.74 Å². The van der Waals surface area contributed by atoms with Gasteiger partial charge in [0.05, 0.1) is 12.2 Å². The van der Waals surface area contributed by atoms with Gasteiger partial charge in [0.1, 0.15) is 10.7 Å². The third-order valence-electron chi connectivity index (χ3n) is 6.01. The van der Waals surface area contributed by atoms with Crippen LogP contribution in [0.5, 0.6) is 0 Å². The summed E-state index contributed by atoms with van der Waals surface area (Å²) in [6, 6.07) is 2.26. The first-order valence-corrected chi connectivity index (χ1v) is 12.2. The molecule has 0 radical (unpaired) electrons. The topological polar surface area (TPSA) is 85.6 Å². The molecule has 1 N–H and O–H groups in total. The number of thiophene rings is 1. The van der Waals surface area contributed by atoms with Gasteiger partial charge in [-0.25, -0.2) is 14.3 Å². The minimum Gasteiger partial charge on any atom is -0.462 e. The van der Waals surface area contributed by atoms with E-state index < -0.39 is 23.7 Å². The number of amides is 1. The molecule has 1 amide bonds. The molecule has 0 atom stereocenters. The second kappa shape index (κ2) is 8.68. The number of hydrogen-bond acceptors (Lipinski definition) is 6. The number of rotatable bonds is 6. The molecule has 3 aromatic heterocycles. The summed E-state index contributed by atoms with van der Waals surface area (Å²) >= 11 is 1.31. The number of nitrogens with zero attached hydrogens (tertiary/aromatic N) is 3. The van der Waals surface area contributed by atoms with Crippen LogP contribution in [0.25, 0.3) is 5.65 Å². The number of ether oxygens (including phenoxy) is 1. The molecule has 34 heavy (non-hydrogen) atoms. The fraction of sp³-hybridized carbons (Fsp3) is 0.478. The van der Waals surface area contributed by atoms with Crippen LogP contribution in [-0.2, 0) is 23.8 Å². The maximum absolute atomic E-state index is 13.7. The molecular weight excluding hydrogens is 469 g/mol. The Balaban J connectivity index is 1.49. The van der Waals surface area contributed by atoms with Gasteiger partial charge in [-0.2, -0.15) is 18.3 Å². The SMILES string of the molecule is CCCOC(=O)c1c(NC(=O)c2cc3nc(C4CC4)cc(C(F)(F)F)n3n2)sc2c1CCCC2. The van der Waals surface area contributed by atoms with E-state index >= 15 is 0 Å². The van der Waals surface area contributed by atoms with Crippen LogP contribution in [0.15, 0.2) is 12.1 Å². The molecule has 0 spiro atoms. The first-order chi connectivity index (χ1) is 16.3. The molecule has 3 heterocycles. The van der Waals surface area contributed by atoms with Crippen molar-refractivity contribution in [2.75, 3.05) is 11.9 Å². The number of hydrogen-bond donors (Lipinski definition) is 1. The summed E-state index contributed by atoms with van der Waals surface area (Å²) in [5.41, 5.74) is 0.390. The molecule has 7 nitrogen and oxygen atoms in total. The summed E-state index contributed by atoms with van der Waals surface area (Å²) in [6.45, 7) is 2.15.